The highest BCUT2D eigenvalue weighted by Crippen LogP contribution is 2.27. The molecule has 0 saturated carbocycles. The van der Waals surface area contributed by atoms with Gasteiger partial charge in [-0.15, -0.1) is 0 Å². The molecule has 0 amide bonds. The normalized spacial score (nSPS) is 12.2. The van der Waals surface area contributed by atoms with Crippen LogP contribution in [-0.4, -0.2) is 0 Å². The molecular weight excluding hydrogens is 292 g/mol. The summed E-state index contributed by atoms with van der Waals surface area (Å²) in [4.78, 5) is 0. The summed E-state index contributed by atoms with van der Waals surface area (Å²) in [6.07, 6.45) is 3.69. The van der Waals surface area contributed by atoms with Gasteiger partial charge in [0.1, 0.15) is 12.4 Å². The minimum absolute atomic E-state index is 0.604. The molecule has 0 saturated heterocycles. The van der Waals surface area contributed by atoms with Gasteiger partial charge in [0.2, 0.25) is 0 Å². The van der Waals surface area contributed by atoms with Gasteiger partial charge in [0.15, 0.2) is 0 Å². The second kappa shape index (κ2) is 8.01. The molecule has 1 nitrogen and oxygen atoms in total. The van der Waals surface area contributed by atoms with E-state index in [4.69, 9.17) is 4.74 Å². The molecule has 0 bridgehead atoms. The maximum atomic E-state index is 6.03. The highest BCUT2D eigenvalue weighted by molar-refractivity contribution is 5.85. The quantitative estimate of drug-likeness (QED) is 0.470. The van der Waals surface area contributed by atoms with Crippen molar-refractivity contribution < 1.29 is 4.74 Å². The maximum Gasteiger partial charge on any atom is 0.119 e. The zero-order valence-corrected chi connectivity index (χ0v) is 14.7. The molecule has 0 spiro atoms. The Morgan fingerprint density at radius 2 is 1.58 bits per heavy atom. The van der Waals surface area contributed by atoms with Gasteiger partial charge in [-0.3, -0.25) is 0 Å². The largest absolute Gasteiger partial charge is 0.489 e. The van der Waals surface area contributed by atoms with Crippen LogP contribution in [-0.2, 0) is 6.61 Å². The van der Waals surface area contributed by atoms with Crippen LogP contribution in [0, 0.1) is 0 Å². The van der Waals surface area contributed by atoms with Crippen LogP contribution >= 0.6 is 0 Å². The van der Waals surface area contributed by atoms with Gasteiger partial charge in [-0.05, 0) is 52.8 Å². The molecule has 0 fully saturated rings. The Morgan fingerprint density at radius 3 is 2.33 bits per heavy atom. The third-order valence-electron chi connectivity index (χ3n) is 4.76. The van der Waals surface area contributed by atoms with Crippen LogP contribution in [0.15, 0.2) is 66.7 Å². The summed E-state index contributed by atoms with van der Waals surface area (Å²) in [5, 5.41) is 2.53. The lowest BCUT2D eigenvalue weighted by Crippen LogP contribution is -1.99. The van der Waals surface area contributed by atoms with E-state index in [0.29, 0.717) is 12.5 Å². The third kappa shape index (κ3) is 3.79. The van der Waals surface area contributed by atoms with Gasteiger partial charge in [-0.1, -0.05) is 74.9 Å². The molecule has 3 aromatic rings. The Morgan fingerprint density at radius 1 is 0.833 bits per heavy atom. The number of hydrogen-bond donors (Lipinski definition) is 0. The maximum absolute atomic E-state index is 6.03. The lowest BCUT2D eigenvalue weighted by Gasteiger charge is -2.15. The predicted molar refractivity (Wildman–Crippen MR) is 103 cm³/mol. The number of benzene rings is 3. The Bertz CT molecular complexity index is 768. The van der Waals surface area contributed by atoms with Gasteiger partial charge in [-0.2, -0.15) is 0 Å². The van der Waals surface area contributed by atoms with Crippen molar-refractivity contribution >= 4 is 10.8 Å². The van der Waals surface area contributed by atoms with Crippen LogP contribution in [0.25, 0.3) is 10.8 Å². The third-order valence-corrected chi connectivity index (χ3v) is 4.76. The van der Waals surface area contributed by atoms with Crippen molar-refractivity contribution in [2.75, 3.05) is 0 Å². The lowest BCUT2D eigenvalue weighted by molar-refractivity contribution is 0.307. The van der Waals surface area contributed by atoms with E-state index in [1.807, 2.05) is 0 Å². The fourth-order valence-corrected chi connectivity index (χ4v) is 3.37. The second-order valence-corrected chi connectivity index (χ2v) is 6.39. The first-order valence-corrected chi connectivity index (χ1v) is 9.01. The molecular formula is C23H26O. The SMILES string of the molecule is CCCC(CC)c1ccc(OCc2cccc3ccccc23)cc1. The van der Waals surface area contributed by atoms with Crippen molar-refractivity contribution in [1.29, 1.82) is 0 Å². The summed E-state index contributed by atoms with van der Waals surface area (Å²) in [5.41, 5.74) is 2.66. The lowest BCUT2D eigenvalue weighted by atomic mass is 9.92. The molecule has 24 heavy (non-hydrogen) atoms. The number of fused-ring (bicyclic) bond motifs is 1. The molecule has 1 unspecified atom stereocenters. The van der Waals surface area contributed by atoms with E-state index in [1.54, 1.807) is 0 Å². The molecule has 0 N–H and O–H groups in total. The smallest absolute Gasteiger partial charge is 0.119 e. The fourth-order valence-electron chi connectivity index (χ4n) is 3.37. The van der Waals surface area contributed by atoms with Gasteiger partial charge < -0.3 is 4.74 Å². The first kappa shape index (κ1) is 16.6. The topological polar surface area (TPSA) is 9.23 Å². The fraction of sp³-hybridized carbons (Fsp3) is 0.304. The summed E-state index contributed by atoms with van der Waals surface area (Å²) in [7, 11) is 0. The standard InChI is InChI=1S/C23H26O/c1-3-8-18(4-2)19-13-15-22(16-14-19)24-17-21-11-7-10-20-9-5-6-12-23(20)21/h5-7,9-16,18H,3-4,8,17H2,1-2H3. The van der Waals surface area contributed by atoms with E-state index in [9.17, 15) is 0 Å². The first-order chi connectivity index (χ1) is 11.8. The Balaban J connectivity index is 1.70. The van der Waals surface area contributed by atoms with Crippen molar-refractivity contribution in [2.24, 2.45) is 0 Å². The Kier molecular flexibility index (Phi) is 5.53. The average Bonchev–Trinajstić information content (AvgIpc) is 2.65. The number of rotatable bonds is 7. The zero-order valence-electron chi connectivity index (χ0n) is 14.7. The molecule has 1 heteroatoms. The first-order valence-electron chi connectivity index (χ1n) is 9.01. The monoisotopic (exact) mass is 318 g/mol. The molecule has 0 radical (unpaired) electrons. The molecule has 0 aliphatic heterocycles. The molecule has 1 atom stereocenters. The van der Waals surface area contributed by atoms with Crippen molar-refractivity contribution in [3.8, 4) is 5.75 Å². The van der Waals surface area contributed by atoms with Crippen LogP contribution in [0.4, 0.5) is 0 Å². The van der Waals surface area contributed by atoms with Gasteiger partial charge in [0.25, 0.3) is 0 Å². The van der Waals surface area contributed by atoms with E-state index in [-0.39, 0.29) is 0 Å². The second-order valence-electron chi connectivity index (χ2n) is 6.39. The van der Waals surface area contributed by atoms with Crippen molar-refractivity contribution in [1.82, 2.24) is 0 Å². The van der Waals surface area contributed by atoms with Crippen molar-refractivity contribution in [2.45, 2.75) is 45.6 Å². The van der Waals surface area contributed by atoms with Crippen LogP contribution in [0.2, 0.25) is 0 Å². The summed E-state index contributed by atoms with van der Waals surface area (Å²) >= 11 is 0. The highest BCUT2D eigenvalue weighted by Gasteiger charge is 2.08. The molecule has 0 aliphatic rings. The van der Waals surface area contributed by atoms with E-state index in [2.05, 4.69) is 80.6 Å². The zero-order chi connectivity index (χ0) is 16.8. The van der Waals surface area contributed by atoms with E-state index < -0.39 is 0 Å². The minimum atomic E-state index is 0.604. The van der Waals surface area contributed by atoms with Gasteiger partial charge in [0, 0.05) is 0 Å². The highest BCUT2D eigenvalue weighted by atomic mass is 16.5. The van der Waals surface area contributed by atoms with Crippen LogP contribution in [0.5, 0.6) is 5.75 Å². The van der Waals surface area contributed by atoms with E-state index in [1.165, 1.54) is 41.2 Å². The summed E-state index contributed by atoms with van der Waals surface area (Å²) in [6.45, 7) is 5.13. The molecule has 124 valence electrons. The molecule has 3 rings (SSSR count). The summed E-state index contributed by atoms with van der Waals surface area (Å²) in [5.74, 6) is 1.61. The molecule has 3 aromatic carbocycles. The predicted octanol–water partition coefficient (Wildman–Crippen LogP) is 6.71. The Labute approximate surface area is 145 Å². The molecule has 0 aliphatic carbocycles. The van der Waals surface area contributed by atoms with Gasteiger partial charge in [-0.25, -0.2) is 0 Å². The van der Waals surface area contributed by atoms with Crippen LogP contribution in [0.3, 0.4) is 0 Å². The Hall–Kier alpha value is -2.28. The average molecular weight is 318 g/mol. The molecule has 0 aromatic heterocycles. The number of ether oxygens (including phenoxy) is 1. The van der Waals surface area contributed by atoms with Crippen molar-refractivity contribution in [3.63, 3.8) is 0 Å². The summed E-state index contributed by atoms with van der Waals surface area (Å²) < 4.78 is 6.03. The minimum Gasteiger partial charge on any atom is -0.489 e. The number of hydrogen-bond acceptors (Lipinski definition) is 1. The van der Waals surface area contributed by atoms with Crippen molar-refractivity contribution in [3.05, 3.63) is 77.9 Å². The van der Waals surface area contributed by atoms with E-state index in [0.717, 1.165) is 5.75 Å². The van der Waals surface area contributed by atoms with E-state index >= 15 is 0 Å². The van der Waals surface area contributed by atoms with Gasteiger partial charge in [0.05, 0.1) is 0 Å². The van der Waals surface area contributed by atoms with Crippen LogP contribution < -0.4 is 4.74 Å². The van der Waals surface area contributed by atoms with Gasteiger partial charge >= 0.3 is 0 Å². The van der Waals surface area contributed by atoms with Crippen LogP contribution in [0.1, 0.15) is 50.2 Å². The summed E-state index contributed by atoms with van der Waals surface area (Å²) in [6, 6.07) is 23.5. The molecule has 0 heterocycles.